The van der Waals surface area contributed by atoms with Crippen LogP contribution in [0.1, 0.15) is 32.6 Å². The molecule has 82 valence electrons. The number of rotatable bonds is 8. The van der Waals surface area contributed by atoms with Crippen molar-refractivity contribution in [2.75, 3.05) is 13.6 Å². The zero-order valence-electron chi connectivity index (χ0n) is 9.21. The Hall–Kier alpha value is -0.830. The van der Waals surface area contributed by atoms with Crippen LogP contribution in [0.25, 0.3) is 0 Å². The summed E-state index contributed by atoms with van der Waals surface area (Å²) in [4.78, 5) is 11.1. The lowest BCUT2D eigenvalue weighted by atomic mass is 10.1. The normalized spacial score (nSPS) is 12.1. The van der Waals surface area contributed by atoms with Crippen LogP contribution < -0.4 is 5.32 Å². The van der Waals surface area contributed by atoms with Crippen LogP contribution in [0.15, 0.2) is 12.7 Å². The molecule has 0 aromatic carbocycles. The Morgan fingerprint density at radius 2 is 2.36 bits per heavy atom. The minimum Gasteiger partial charge on any atom is -0.461 e. The monoisotopic (exact) mass is 199 g/mol. The Labute approximate surface area is 86.5 Å². The molecule has 1 atom stereocenters. The Bertz CT molecular complexity index is 169. The van der Waals surface area contributed by atoms with Gasteiger partial charge in [0.2, 0.25) is 0 Å². The first-order valence-electron chi connectivity index (χ1n) is 5.19. The second-order valence-electron chi connectivity index (χ2n) is 3.27. The van der Waals surface area contributed by atoms with Gasteiger partial charge in [0.15, 0.2) is 0 Å². The number of hydrogen-bond donors (Lipinski definition) is 1. The number of ether oxygens (including phenoxy) is 1. The van der Waals surface area contributed by atoms with Crippen LogP contribution in [0.5, 0.6) is 0 Å². The number of hydrogen-bond acceptors (Lipinski definition) is 3. The number of unbranched alkanes of at least 4 members (excludes halogenated alkanes) is 1. The molecule has 1 N–H and O–H groups in total. The first-order valence-corrected chi connectivity index (χ1v) is 5.19. The molecule has 0 heterocycles. The van der Waals surface area contributed by atoms with Gasteiger partial charge in [0.1, 0.15) is 6.10 Å². The van der Waals surface area contributed by atoms with Gasteiger partial charge in [-0.25, -0.2) is 0 Å². The summed E-state index contributed by atoms with van der Waals surface area (Å²) in [7, 11) is 1.74. The van der Waals surface area contributed by atoms with E-state index in [-0.39, 0.29) is 18.6 Å². The molecule has 0 saturated heterocycles. The highest BCUT2D eigenvalue weighted by atomic mass is 16.5. The first kappa shape index (κ1) is 13.2. The molecule has 0 aromatic rings. The summed E-state index contributed by atoms with van der Waals surface area (Å²) in [5.74, 6) is -0.169. The lowest BCUT2D eigenvalue weighted by Crippen LogP contribution is -2.25. The number of carbonyl (C=O) groups is 1. The second-order valence-corrected chi connectivity index (χ2v) is 3.27. The first-order chi connectivity index (χ1) is 6.74. The molecule has 0 aliphatic rings. The molecule has 3 heteroatoms. The van der Waals surface area contributed by atoms with Crippen molar-refractivity contribution in [1.82, 2.24) is 5.32 Å². The summed E-state index contributed by atoms with van der Waals surface area (Å²) >= 11 is 0. The van der Waals surface area contributed by atoms with Crippen molar-refractivity contribution in [3.63, 3.8) is 0 Å². The minimum atomic E-state index is -0.169. The second kappa shape index (κ2) is 8.75. The maximum atomic E-state index is 11.1. The highest BCUT2D eigenvalue weighted by Crippen LogP contribution is 2.08. The molecule has 0 amide bonds. The van der Waals surface area contributed by atoms with Crippen molar-refractivity contribution < 1.29 is 9.53 Å². The third-order valence-electron chi connectivity index (χ3n) is 2.01. The Balaban J connectivity index is 3.66. The molecular weight excluding hydrogens is 178 g/mol. The number of esters is 1. The number of nitrogens with one attached hydrogen (secondary N) is 1. The van der Waals surface area contributed by atoms with E-state index in [2.05, 4.69) is 11.9 Å². The molecule has 0 bridgehead atoms. The van der Waals surface area contributed by atoms with E-state index in [1.54, 1.807) is 7.05 Å². The van der Waals surface area contributed by atoms with Crippen LogP contribution in [-0.2, 0) is 9.53 Å². The van der Waals surface area contributed by atoms with Gasteiger partial charge in [-0.3, -0.25) is 4.79 Å². The fourth-order valence-corrected chi connectivity index (χ4v) is 1.21. The van der Waals surface area contributed by atoms with Crippen LogP contribution in [-0.4, -0.2) is 25.7 Å². The summed E-state index contributed by atoms with van der Waals surface area (Å²) in [5, 5.41) is 2.77. The molecule has 0 saturated carbocycles. The number of carbonyl (C=O) groups excluding carboxylic acids is 1. The fraction of sp³-hybridized carbons (Fsp3) is 0.727. The zero-order chi connectivity index (χ0) is 10.8. The van der Waals surface area contributed by atoms with Crippen LogP contribution >= 0.6 is 0 Å². The average molecular weight is 199 g/mol. The van der Waals surface area contributed by atoms with Gasteiger partial charge in [-0.05, 0) is 32.7 Å². The van der Waals surface area contributed by atoms with Crippen LogP contribution in [0.3, 0.4) is 0 Å². The summed E-state index contributed by atoms with van der Waals surface area (Å²) in [5.41, 5.74) is 0. The van der Waals surface area contributed by atoms with Crippen molar-refractivity contribution in [2.45, 2.75) is 38.7 Å². The lowest BCUT2D eigenvalue weighted by Gasteiger charge is -2.15. The topological polar surface area (TPSA) is 38.3 Å². The van der Waals surface area contributed by atoms with Crippen molar-refractivity contribution in [3.05, 3.63) is 12.7 Å². The summed E-state index contributed by atoms with van der Waals surface area (Å²) in [6.45, 7) is 5.98. The van der Waals surface area contributed by atoms with Gasteiger partial charge >= 0.3 is 5.97 Å². The lowest BCUT2D eigenvalue weighted by molar-refractivity contribution is -0.148. The average Bonchev–Trinajstić information content (AvgIpc) is 2.17. The molecule has 0 fully saturated rings. The van der Waals surface area contributed by atoms with Crippen LogP contribution in [0.4, 0.5) is 0 Å². The molecule has 0 rings (SSSR count). The zero-order valence-corrected chi connectivity index (χ0v) is 9.21. The maximum absolute atomic E-state index is 11.1. The van der Waals surface area contributed by atoms with Crippen molar-refractivity contribution in [3.8, 4) is 0 Å². The highest BCUT2D eigenvalue weighted by molar-refractivity contribution is 5.71. The van der Waals surface area contributed by atoms with E-state index in [4.69, 9.17) is 4.74 Å². The Morgan fingerprint density at radius 1 is 1.64 bits per heavy atom. The Morgan fingerprint density at radius 3 is 2.86 bits per heavy atom. The molecule has 0 radical (unpaired) electrons. The van der Waals surface area contributed by atoms with Crippen molar-refractivity contribution >= 4 is 5.97 Å². The molecule has 1 unspecified atom stereocenters. The Kier molecular flexibility index (Phi) is 8.24. The van der Waals surface area contributed by atoms with E-state index >= 15 is 0 Å². The summed E-state index contributed by atoms with van der Waals surface area (Å²) < 4.78 is 5.25. The van der Waals surface area contributed by atoms with E-state index in [0.717, 1.165) is 25.7 Å². The standard InChI is InChI=1S/C11H21NO2/c1-4-6-7-8-10(5-2)14-11(13)9-12-3/h4,10,12H,1,5-9H2,2-3H3. The molecule has 0 aromatic heterocycles. The van der Waals surface area contributed by atoms with E-state index < -0.39 is 0 Å². The molecule has 0 aliphatic heterocycles. The minimum absolute atomic E-state index is 0.0656. The third kappa shape index (κ3) is 6.66. The number of allylic oxidation sites excluding steroid dienone is 1. The molecule has 14 heavy (non-hydrogen) atoms. The molecular formula is C11H21NO2. The maximum Gasteiger partial charge on any atom is 0.320 e. The van der Waals surface area contributed by atoms with Crippen molar-refractivity contribution in [2.24, 2.45) is 0 Å². The predicted molar refractivity (Wildman–Crippen MR) is 58.1 cm³/mol. The van der Waals surface area contributed by atoms with Crippen molar-refractivity contribution in [1.29, 1.82) is 0 Å². The predicted octanol–water partition coefficient (Wildman–Crippen LogP) is 1.88. The number of likely N-dealkylation sites (N-methyl/N-ethyl adjacent to an activating group) is 1. The SMILES string of the molecule is C=CCCCC(CC)OC(=O)CNC. The van der Waals surface area contributed by atoms with E-state index in [9.17, 15) is 4.79 Å². The molecule has 0 aliphatic carbocycles. The smallest absolute Gasteiger partial charge is 0.320 e. The van der Waals surface area contributed by atoms with E-state index in [0.29, 0.717) is 0 Å². The van der Waals surface area contributed by atoms with Gasteiger partial charge < -0.3 is 10.1 Å². The van der Waals surface area contributed by atoms with E-state index in [1.165, 1.54) is 0 Å². The van der Waals surface area contributed by atoms with Crippen LogP contribution in [0, 0.1) is 0 Å². The molecule has 3 nitrogen and oxygen atoms in total. The highest BCUT2D eigenvalue weighted by Gasteiger charge is 2.10. The van der Waals surface area contributed by atoms with Gasteiger partial charge in [-0.1, -0.05) is 13.0 Å². The fourth-order valence-electron chi connectivity index (χ4n) is 1.21. The van der Waals surface area contributed by atoms with Crippen LogP contribution in [0.2, 0.25) is 0 Å². The van der Waals surface area contributed by atoms with Gasteiger partial charge in [0.05, 0.1) is 6.54 Å². The summed E-state index contributed by atoms with van der Waals surface area (Å²) in [6, 6.07) is 0. The quantitative estimate of drug-likeness (QED) is 0.368. The van der Waals surface area contributed by atoms with Gasteiger partial charge in [-0.15, -0.1) is 6.58 Å². The molecule has 0 spiro atoms. The summed E-state index contributed by atoms with van der Waals surface area (Å²) in [6.07, 6.45) is 5.79. The largest absolute Gasteiger partial charge is 0.461 e. The third-order valence-corrected chi connectivity index (χ3v) is 2.01. The van der Waals surface area contributed by atoms with E-state index in [1.807, 2.05) is 13.0 Å². The van der Waals surface area contributed by atoms with Gasteiger partial charge in [-0.2, -0.15) is 0 Å². The van der Waals surface area contributed by atoms with Gasteiger partial charge in [0.25, 0.3) is 0 Å². The van der Waals surface area contributed by atoms with Gasteiger partial charge in [0, 0.05) is 0 Å².